The number of hydrogen-bond acceptors (Lipinski definition) is 6. The van der Waals surface area contributed by atoms with E-state index >= 15 is 0 Å². The Kier molecular flexibility index (Phi) is 7.45. The monoisotopic (exact) mass is 564 g/mol. The predicted octanol–water partition coefficient (Wildman–Crippen LogP) is 6.01. The van der Waals surface area contributed by atoms with Gasteiger partial charge in [-0.15, -0.1) is 0 Å². The summed E-state index contributed by atoms with van der Waals surface area (Å²) in [4.78, 5) is 28.9. The fraction of sp³-hybridized carbons (Fsp3) is 0.318. The van der Waals surface area contributed by atoms with Gasteiger partial charge in [0.1, 0.15) is 5.82 Å². The van der Waals surface area contributed by atoms with Gasteiger partial charge in [-0.3, -0.25) is 14.9 Å². The first-order chi connectivity index (χ1) is 15.1. The average molecular weight is 566 g/mol. The van der Waals surface area contributed by atoms with E-state index in [1.165, 1.54) is 17.0 Å². The van der Waals surface area contributed by atoms with Crippen LogP contribution in [0.5, 0.6) is 5.75 Å². The first kappa shape index (κ1) is 24.1. The van der Waals surface area contributed by atoms with Gasteiger partial charge < -0.3 is 4.74 Å². The Balaban J connectivity index is 2.13. The molecular formula is C22H22Br2N4O4. The van der Waals surface area contributed by atoms with Gasteiger partial charge in [-0.25, -0.2) is 4.98 Å². The topological polar surface area (TPSA) is 99.6 Å². The Labute approximate surface area is 201 Å². The molecule has 1 aromatic heterocycles. The number of benzene rings is 2. The number of nitro groups is 1. The molecular weight excluding hydrogens is 544 g/mol. The lowest BCUT2D eigenvalue weighted by Crippen LogP contribution is -2.23. The minimum Gasteiger partial charge on any atom is -0.483 e. The summed E-state index contributed by atoms with van der Waals surface area (Å²) in [6, 6.07) is 8.34. The lowest BCUT2D eigenvalue weighted by molar-refractivity contribution is -0.386. The van der Waals surface area contributed by atoms with E-state index in [0.717, 1.165) is 4.47 Å². The van der Waals surface area contributed by atoms with E-state index in [-0.39, 0.29) is 29.0 Å². The second-order valence-electron chi connectivity index (χ2n) is 7.59. The zero-order valence-electron chi connectivity index (χ0n) is 18.0. The zero-order chi connectivity index (χ0) is 23.6. The molecule has 0 aliphatic rings. The van der Waals surface area contributed by atoms with Crippen molar-refractivity contribution in [2.24, 2.45) is 5.10 Å². The van der Waals surface area contributed by atoms with Gasteiger partial charge in [0.2, 0.25) is 5.75 Å². The van der Waals surface area contributed by atoms with E-state index in [2.05, 4.69) is 41.9 Å². The van der Waals surface area contributed by atoms with Crippen LogP contribution in [0.25, 0.3) is 10.9 Å². The Hall–Kier alpha value is -2.59. The maximum atomic E-state index is 13.1. The number of aromatic nitrogens is 2. The molecule has 0 aliphatic carbocycles. The molecule has 3 aromatic rings. The van der Waals surface area contributed by atoms with Crippen molar-refractivity contribution in [1.82, 2.24) is 9.66 Å². The number of nitrogens with zero attached hydrogens (tertiary/aromatic N) is 4. The van der Waals surface area contributed by atoms with Gasteiger partial charge in [-0.05, 0) is 53.5 Å². The first-order valence-corrected chi connectivity index (χ1v) is 11.6. The molecule has 1 heterocycles. The van der Waals surface area contributed by atoms with Crippen molar-refractivity contribution in [3.05, 3.63) is 71.1 Å². The Morgan fingerprint density at radius 3 is 2.59 bits per heavy atom. The molecule has 0 saturated carbocycles. The second-order valence-corrected chi connectivity index (χ2v) is 9.36. The summed E-state index contributed by atoms with van der Waals surface area (Å²) in [5.41, 5.74) is 0.522. The predicted molar refractivity (Wildman–Crippen MR) is 132 cm³/mol. The largest absolute Gasteiger partial charge is 0.483 e. The van der Waals surface area contributed by atoms with Crippen molar-refractivity contribution in [3.63, 3.8) is 0 Å². The summed E-state index contributed by atoms with van der Waals surface area (Å²) < 4.78 is 8.16. The Morgan fingerprint density at radius 2 is 1.97 bits per heavy atom. The van der Waals surface area contributed by atoms with Crippen LogP contribution in [0, 0.1) is 10.1 Å². The molecule has 0 fully saturated rings. The van der Waals surface area contributed by atoms with Crippen LogP contribution in [0.1, 0.15) is 51.4 Å². The van der Waals surface area contributed by atoms with E-state index in [1.54, 1.807) is 18.2 Å². The van der Waals surface area contributed by atoms with Crippen molar-refractivity contribution in [3.8, 4) is 5.75 Å². The van der Waals surface area contributed by atoms with Crippen molar-refractivity contribution in [2.75, 3.05) is 0 Å². The lowest BCUT2D eigenvalue weighted by atomic mass is 10.2. The summed E-state index contributed by atoms with van der Waals surface area (Å²) in [7, 11) is 0. The molecule has 0 N–H and O–H groups in total. The van der Waals surface area contributed by atoms with Crippen LogP contribution >= 0.6 is 31.9 Å². The third-order valence-electron chi connectivity index (χ3n) is 4.81. The van der Waals surface area contributed by atoms with Crippen LogP contribution in [-0.2, 0) is 0 Å². The van der Waals surface area contributed by atoms with Crippen LogP contribution in [0.4, 0.5) is 5.69 Å². The smallest absolute Gasteiger partial charge is 0.312 e. The highest BCUT2D eigenvalue weighted by Crippen LogP contribution is 2.37. The molecule has 10 heteroatoms. The zero-order valence-corrected chi connectivity index (χ0v) is 21.2. The van der Waals surface area contributed by atoms with Gasteiger partial charge in [0.25, 0.3) is 5.56 Å². The molecule has 0 spiro atoms. The van der Waals surface area contributed by atoms with Gasteiger partial charge in [0.15, 0.2) is 0 Å². The van der Waals surface area contributed by atoms with Crippen molar-refractivity contribution in [1.29, 1.82) is 0 Å². The van der Waals surface area contributed by atoms with Gasteiger partial charge in [0.05, 0.1) is 32.6 Å². The van der Waals surface area contributed by atoms with Crippen LogP contribution in [0.2, 0.25) is 0 Å². The van der Waals surface area contributed by atoms with Crippen LogP contribution in [0.3, 0.4) is 0 Å². The average Bonchev–Trinajstić information content (AvgIpc) is 2.74. The molecule has 2 aromatic carbocycles. The Bertz CT molecular complexity index is 1270. The summed E-state index contributed by atoms with van der Waals surface area (Å²) in [5.74, 6) is 0.588. The molecule has 3 rings (SSSR count). The highest BCUT2D eigenvalue weighted by atomic mass is 79.9. The summed E-state index contributed by atoms with van der Waals surface area (Å²) in [5, 5.41) is 16.4. The minimum atomic E-state index is -0.499. The molecule has 8 nitrogen and oxygen atoms in total. The molecule has 0 bridgehead atoms. The van der Waals surface area contributed by atoms with Gasteiger partial charge in [-0.1, -0.05) is 36.7 Å². The molecule has 0 unspecified atom stereocenters. The number of hydrogen-bond donors (Lipinski definition) is 0. The molecule has 1 atom stereocenters. The fourth-order valence-electron chi connectivity index (χ4n) is 2.99. The molecule has 32 heavy (non-hydrogen) atoms. The Morgan fingerprint density at radius 1 is 1.25 bits per heavy atom. The molecule has 0 radical (unpaired) electrons. The number of rotatable bonds is 7. The SMILES string of the molecule is CC[C@H](C)Oc1c(Br)cc(C=Nn2c(C(C)C)nc3ccc(Br)cc3c2=O)cc1[N+](=O)[O-]. The number of ether oxygens (including phenoxy) is 1. The number of fused-ring (bicyclic) bond motifs is 1. The number of nitro benzene ring substituents is 1. The third kappa shape index (κ3) is 5.07. The number of halogens is 2. The summed E-state index contributed by atoms with van der Waals surface area (Å²) in [6.45, 7) is 7.62. The van der Waals surface area contributed by atoms with E-state index in [9.17, 15) is 14.9 Å². The van der Waals surface area contributed by atoms with Gasteiger partial charge in [0, 0.05) is 22.0 Å². The maximum Gasteiger partial charge on any atom is 0.312 e. The highest BCUT2D eigenvalue weighted by Gasteiger charge is 2.22. The van der Waals surface area contributed by atoms with Crippen molar-refractivity contribution >= 4 is 54.7 Å². The molecule has 0 saturated heterocycles. The van der Waals surface area contributed by atoms with E-state index in [1.807, 2.05) is 33.8 Å². The lowest BCUT2D eigenvalue weighted by Gasteiger charge is -2.14. The van der Waals surface area contributed by atoms with E-state index in [0.29, 0.717) is 33.2 Å². The normalized spacial score (nSPS) is 12.6. The first-order valence-electron chi connectivity index (χ1n) is 10.0. The summed E-state index contributed by atoms with van der Waals surface area (Å²) in [6.07, 6.45) is 1.93. The minimum absolute atomic E-state index is 0.0692. The quantitative estimate of drug-likeness (QED) is 0.198. The van der Waals surface area contributed by atoms with Crippen LogP contribution in [0.15, 0.2) is 49.2 Å². The fourth-order valence-corrected chi connectivity index (χ4v) is 3.91. The van der Waals surface area contributed by atoms with Gasteiger partial charge >= 0.3 is 5.69 Å². The van der Waals surface area contributed by atoms with Crippen LogP contribution in [-0.4, -0.2) is 26.9 Å². The van der Waals surface area contributed by atoms with Gasteiger partial charge in [-0.2, -0.15) is 9.78 Å². The van der Waals surface area contributed by atoms with Crippen molar-refractivity contribution in [2.45, 2.75) is 46.1 Å². The van der Waals surface area contributed by atoms with E-state index in [4.69, 9.17) is 4.74 Å². The highest BCUT2D eigenvalue weighted by molar-refractivity contribution is 9.10. The third-order valence-corrected chi connectivity index (χ3v) is 5.89. The molecule has 168 valence electrons. The van der Waals surface area contributed by atoms with E-state index < -0.39 is 4.92 Å². The molecule has 0 aliphatic heterocycles. The van der Waals surface area contributed by atoms with Crippen molar-refractivity contribution < 1.29 is 9.66 Å². The molecule has 0 amide bonds. The summed E-state index contributed by atoms with van der Waals surface area (Å²) >= 11 is 6.74. The maximum absolute atomic E-state index is 13.1. The standard InChI is InChI=1S/C22H22Br2N4O4/c1-5-13(4)32-20-17(24)8-14(9-19(20)28(30)31)11-25-27-21(12(2)3)26-18-7-6-15(23)10-16(18)22(27)29/h6-13H,5H2,1-4H3/t13-/m0/s1. The second kappa shape index (κ2) is 9.91. The van der Waals surface area contributed by atoms with Crippen LogP contribution < -0.4 is 10.3 Å².